The molecule has 0 spiro atoms. The Morgan fingerprint density at radius 3 is 2.58 bits per heavy atom. The van der Waals surface area contributed by atoms with E-state index in [0.29, 0.717) is 17.3 Å². The Morgan fingerprint density at radius 1 is 1.06 bits per heavy atom. The van der Waals surface area contributed by atoms with Gasteiger partial charge in [-0.1, -0.05) is 24.3 Å². The maximum absolute atomic E-state index is 11.7. The summed E-state index contributed by atoms with van der Waals surface area (Å²) in [6.45, 7) is 3.83. The van der Waals surface area contributed by atoms with Crippen molar-refractivity contribution in [2.45, 2.75) is 19.8 Å². The van der Waals surface area contributed by atoms with Crippen LogP contribution in [-0.4, -0.2) is 38.7 Å². The first-order valence-electron chi connectivity index (χ1n) is 10.3. The Bertz CT molecular complexity index is 1260. The molecule has 3 N–H and O–H groups in total. The monoisotopic (exact) mass is 413 g/mol. The number of carbonyl (C=O) groups excluding carboxylic acids is 1. The molecular formula is C23H23N7O. The molecule has 1 saturated heterocycles. The highest BCUT2D eigenvalue weighted by atomic mass is 16.1. The zero-order chi connectivity index (χ0) is 21.4. The average Bonchev–Trinajstić information content (AvgIpc) is 3.46. The highest BCUT2D eigenvalue weighted by molar-refractivity contribution is 5.95. The summed E-state index contributed by atoms with van der Waals surface area (Å²) < 4.78 is 1.83. The van der Waals surface area contributed by atoms with Gasteiger partial charge in [-0.25, -0.2) is 4.68 Å². The summed E-state index contributed by atoms with van der Waals surface area (Å²) in [6, 6.07) is 15.3. The van der Waals surface area contributed by atoms with E-state index in [9.17, 15) is 4.79 Å². The Labute approximate surface area is 179 Å². The quantitative estimate of drug-likeness (QED) is 0.519. The molecule has 0 aliphatic carbocycles. The second kappa shape index (κ2) is 7.71. The molecule has 0 radical (unpaired) electrons. The summed E-state index contributed by atoms with van der Waals surface area (Å²) in [6.07, 6.45) is 4.02. The van der Waals surface area contributed by atoms with Crippen LogP contribution in [0.2, 0.25) is 0 Å². The smallest absolute Gasteiger partial charge is 0.248 e. The van der Waals surface area contributed by atoms with E-state index >= 15 is 0 Å². The number of para-hydroxylation sites is 1. The lowest BCUT2D eigenvalue weighted by atomic mass is 10.1. The molecule has 0 unspecified atom stereocenters. The van der Waals surface area contributed by atoms with Crippen molar-refractivity contribution in [3.05, 3.63) is 65.9 Å². The van der Waals surface area contributed by atoms with Crippen LogP contribution in [0.25, 0.3) is 16.7 Å². The van der Waals surface area contributed by atoms with Gasteiger partial charge in [-0.05, 0) is 49.6 Å². The number of hydrogen-bond acceptors (Lipinski definition) is 6. The van der Waals surface area contributed by atoms with E-state index < -0.39 is 5.91 Å². The number of aromatic nitrogens is 4. The molecule has 8 heteroatoms. The van der Waals surface area contributed by atoms with Crippen LogP contribution >= 0.6 is 0 Å². The van der Waals surface area contributed by atoms with Gasteiger partial charge in [0.25, 0.3) is 0 Å². The van der Waals surface area contributed by atoms with E-state index in [0.717, 1.165) is 53.9 Å². The fourth-order valence-corrected chi connectivity index (χ4v) is 3.85. The van der Waals surface area contributed by atoms with Crippen molar-refractivity contribution in [3.63, 3.8) is 0 Å². The molecule has 0 atom stereocenters. The number of anilines is 3. The number of nitrogens with one attached hydrogen (secondary N) is 1. The summed E-state index contributed by atoms with van der Waals surface area (Å²) in [4.78, 5) is 23.6. The fourth-order valence-electron chi connectivity index (χ4n) is 3.85. The molecular weight excluding hydrogens is 390 g/mol. The fraction of sp³-hybridized carbons (Fsp3) is 0.217. The largest absolute Gasteiger partial charge is 0.366 e. The Balaban J connectivity index is 1.66. The van der Waals surface area contributed by atoms with E-state index in [4.69, 9.17) is 15.7 Å². The van der Waals surface area contributed by atoms with E-state index in [1.165, 1.54) is 0 Å². The molecule has 4 aromatic rings. The van der Waals surface area contributed by atoms with Crippen molar-refractivity contribution < 1.29 is 4.79 Å². The molecule has 2 aromatic carbocycles. The standard InChI is InChI=1S/C23H23N7O/c1-15-9-10-16(20(24)31)13-19(15)26-21-18-14-25-30(17-7-3-2-4-8-17)22(18)28-23(27-21)29-11-5-6-12-29/h2-4,7-10,13-14H,5-6,11-12H2,1H3,(H2,24,31)(H,26,27,28). The van der Waals surface area contributed by atoms with Crippen molar-refractivity contribution in [3.8, 4) is 5.69 Å². The number of fused-ring (bicyclic) bond motifs is 1. The lowest BCUT2D eigenvalue weighted by Gasteiger charge is -2.18. The maximum Gasteiger partial charge on any atom is 0.248 e. The third kappa shape index (κ3) is 3.56. The van der Waals surface area contributed by atoms with E-state index in [1.807, 2.05) is 48.0 Å². The minimum absolute atomic E-state index is 0.443. The van der Waals surface area contributed by atoms with Gasteiger partial charge in [0, 0.05) is 24.3 Å². The lowest BCUT2D eigenvalue weighted by Crippen LogP contribution is -2.21. The molecule has 3 heterocycles. The number of carbonyl (C=O) groups is 1. The SMILES string of the molecule is Cc1ccc(C(N)=O)cc1Nc1nc(N2CCCC2)nc2c1cnn2-c1ccccc1. The van der Waals surface area contributed by atoms with Gasteiger partial charge in [-0.2, -0.15) is 15.1 Å². The van der Waals surface area contributed by atoms with Crippen molar-refractivity contribution in [1.82, 2.24) is 19.7 Å². The van der Waals surface area contributed by atoms with Crippen molar-refractivity contribution in [2.24, 2.45) is 5.73 Å². The summed E-state index contributed by atoms with van der Waals surface area (Å²) in [5.41, 5.74) is 9.34. The van der Waals surface area contributed by atoms with Crippen molar-refractivity contribution in [2.75, 3.05) is 23.3 Å². The number of rotatable bonds is 5. The molecule has 0 saturated carbocycles. The van der Waals surface area contributed by atoms with Crippen LogP contribution < -0.4 is 16.0 Å². The molecule has 5 rings (SSSR count). The van der Waals surface area contributed by atoms with E-state index in [2.05, 4.69) is 15.3 Å². The van der Waals surface area contributed by atoms with Crippen molar-refractivity contribution in [1.29, 1.82) is 0 Å². The average molecular weight is 413 g/mol. The number of amides is 1. The molecule has 8 nitrogen and oxygen atoms in total. The molecule has 156 valence electrons. The van der Waals surface area contributed by atoms with Crippen LogP contribution in [0, 0.1) is 6.92 Å². The van der Waals surface area contributed by atoms with Gasteiger partial charge in [-0.15, -0.1) is 0 Å². The number of hydrogen-bond donors (Lipinski definition) is 2. The lowest BCUT2D eigenvalue weighted by molar-refractivity contribution is 0.100. The molecule has 1 fully saturated rings. The first kappa shape index (κ1) is 19.0. The summed E-state index contributed by atoms with van der Waals surface area (Å²) in [5.74, 6) is 0.859. The van der Waals surface area contributed by atoms with Crippen LogP contribution in [0.1, 0.15) is 28.8 Å². The van der Waals surface area contributed by atoms with E-state index in [1.54, 1.807) is 18.3 Å². The van der Waals surface area contributed by atoms with E-state index in [-0.39, 0.29) is 0 Å². The van der Waals surface area contributed by atoms with Crippen molar-refractivity contribution >= 4 is 34.4 Å². The molecule has 1 aliphatic rings. The Morgan fingerprint density at radius 2 is 1.84 bits per heavy atom. The first-order chi connectivity index (χ1) is 15.1. The van der Waals surface area contributed by atoms with Crippen LogP contribution in [0.4, 0.5) is 17.5 Å². The summed E-state index contributed by atoms with van der Waals surface area (Å²) in [7, 11) is 0. The van der Waals surface area contributed by atoms with Gasteiger partial charge in [0.15, 0.2) is 5.65 Å². The van der Waals surface area contributed by atoms with Crippen LogP contribution in [0.5, 0.6) is 0 Å². The highest BCUT2D eigenvalue weighted by Crippen LogP contribution is 2.30. The topological polar surface area (TPSA) is 102 Å². The summed E-state index contributed by atoms with van der Waals surface area (Å²) >= 11 is 0. The number of aryl methyl sites for hydroxylation is 1. The second-order valence-electron chi connectivity index (χ2n) is 7.71. The van der Waals surface area contributed by atoms with Gasteiger partial charge in [0.05, 0.1) is 17.3 Å². The Kier molecular flexibility index (Phi) is 4.74. The third-order valence-electron chi connectivity index (χ3n) is 5.58. The molecule has 1 aliphatic heterocycles. The minimum Gasteiger partial charge on any atom is -0.366 e. The minimum atomic E-state index is -0.467. The first-order valence-corrected chi connectivity index (χ1v) is 10.3. The summed E-state index contributed by atoms with van der Waals surface area (Å²) in [5, 5.41) is 8.79. The predicted octanol–water partition coefficient (Wildman–Crippen LogP) is 3.57. The van der Waals surface area contributed by atoms with Gasteiger partial charge >= 0.3 is 0 Å². The van der Waals surface area contributed by atoms with Gasteiger partial charge < -0.3 is 16.0 Å². The second-order valence-corrected chi connectivity index (χ2v) is 7.71. The van der Waals surface area contributed by atoms with Gasteiger partial charge in [0.1, 0.15) is 5.82 Å². The zero-order valence-corrected chi connectivity index (χ0v) is 17.2. The predicted molar refractivity (Wildman–Crippen MR) is 121 cm³/mol. The van der Waals surface area contributed by atoms with Gasteiger partial charge in [0.2, 0.25) is 11.9 Å². The third-order valence-corrected chi connectivity index (χ3v) is 5.58. The molecule has 1 amide bonds. The number of nitrogens with zero attached hydrogens (tertiary/aromatic N) is 5. The molecule has 2 aromatic heterocycles. The molecule has 0 bridgehead atoms. The maximum atomic E-state index is 11.7. The van der Waals surface area contributed by atoms with Crippen LogP contribution in [0.3, 0.4) is 0 Å². The molecule has 31 heavy (non-hydrogen) atoms. The zero-order valence-electron chi connectivity index (χ0n) is 17.2. The number of benzene rings is 2. The number of primary amides is 1. The normalized spacial score (nSPS) is 13.6. The van der Waals surface area contributed by atoms with Crippen LogP contribution in [0.15, 0.2) is 54.7 Å². The highest BCUT2D eigenvalue weighted by Gasteiger charge is 2.20. The van der Waals surface area contributed by atoms with Crippen LogP contribution in [-0.2, 0) is 0 Å². The van der Waals surface area contributed by atoms with Gasteiger partial charge in [-0.3, -0.25) is 4.79 Å². The Hall–Kier alpha value is -3.94. The number of nitrogens with two attached hydrogens (primary N) is 1.